The molecule has 0 aromatic heterocycles. The van der Waals surface area contributed by atoms with Gasteiger partial charge < -0.3 is 15.5 Å². The van der Waals surface area contributed by atoms with Crippen molar-refractivity contribution in [2.75, 3.05) is 11.9 Å². The summed E-state index contributed by atoms with van der Waals surface area (Å²) < 4.78 is 0. The molecule has 0 aliphatic carbocycles. The Morgan fingerprint density at radius 1 is 1.39 bits per heavy atom. The molecule has 7 nitrogen and oxygen atoms in total. The normalized spacial score (nSPS) is 10.1. The summed E-state index contributed by atoms with van der Waals surface area (Å²) in [6.45, 7) is 0.00926. The number of nitro benzene ring substituents is 1. The van der Waals surface area contributed by atoms with Crippen LogP contribution in [0, 0.1) is 10.1 Å². The lowest BCUT2D eigenvalue weighted by atomic mass is 10.2. The first kappa shape index (κ1) is 13.9. The van der Waals surface area contributed by atoms with E-state index < -0.39 is 4.92 Å². The number of anilines is 1. The second-order valence-electron chi connectivity index (χ2n) is 3.69. The molecule has 0 radical (unpaired) electrons. The molecule has 0 saturated heterocycles. The SMILES string of the molecule is O=C(CCCCO)Nc1cc([N+](=O)[O-])ccc1O. The first-order valence-corrected chi connectivity index (χ1v) is 5.42. The van der Waals surface area contributed by atoms with Crippen molar-refractivity contribution in [3.8, 4) is 5.75 Å². The number of hydrogen-bond donors (Lipinski definition) is 3. The summed E-state index contributed by atoms with van der Waals surface area (Å²) in [5, 5.41) is 31.0. The van der Waals surface area contributed by atoms with E-state index in [1.807, 2.05) is 0 Å². The second-order valence-corrected chi connectivity index (χ2v) is 3.69. The summed E-state index contributed by atoms with van der Waals surface area (Å²) in [5.74, 6) is -0.588. The molecule has 0 heterocycles. The molecule has 3 N–H and O–H groups in total. The molecule has 1 aromatic carbocycles. The van der Waals surface area contributed by atoms with Crippen molar-refractivity contribution < 1.29 is 19.9 Å². The topological polar surface area (TPSA) is 113 Å². The Morgan fingerprint density at radius 2 is 2.11 bits per heavy atom. The Kier molecular flexibility index (Phi) is 5.06. The molecular weight excluding hydrogens is 240 g/mol. The van der Waals surface area contributed by atoms with Crippen LogP contribution in [0.15, 0.2) is 18.2 Å². The Labute approximate surface area is 103 Å². The van der Waals surface area contributed by atoms with Crippen molar-refractivity contribution in [1.82, 2.24) is 0 Å². The maximum atomic E-state index is 11.4. The highest BCUT2D eigenvalue weighted by atomic mass is 16.6. The van der Waals surface area contributed by atoms with Gasteiger partial charge in [-0.3, -0.25) is 14.9 Å². The number of unbranched alkanes of at least 4 members (excludes halogenated alkanes) is 1. The fourth-order valence-corrected chi connectivity index (χ4v) is 1.35. The van der Waals surface area contributed by atoms with Crippen LogP contribution in [-0.2, 0) is 4.79 Å². The molecule has 0 fully saturated rings. The maximum absolute atomic E-state index is 11.4. The maximum Gasteiger partial charge on any atom is 0.271 e. The minimum atomic E-state index is -0.610. The highest BCUT2D eigenvalue weighted by molar-refractivity contribution is 5.92. The first-order chi connectivity index (χ1) is 8.54. The lowest BCUT2D eigenvalue weighted by Crippen LogP contribution is -2.11. The fourth-order valence-electron chi connectivity index (χ4n) is 1.35. The molecular formula is C11H14N2O5. The van der Waals surface area contributed by atoms with Crippen LogP contribution in [0.4, 0.5) is 11.4 Å². The molecule has 0 bridgehead atoms. The van der Waals surface area contributed by atoms with Gasteiger partial charge in [0.25, 0.3) is 5.69 Å². The third kappa shape index (κ3) is 4.02. The molecule has 1 rings (SSSR count). The van der Waals surface area contributed by atoms with Crippen LogP contribution in [0.5, 0.6) is 5.75 Å². The molecule has 1 aromatic rings. The van der Waals surface area contributed by atoms with Crippen molar-refractivity contribution in [3.63, 3.8) is 0 Å². The quantitative estimate of drug-likeness (QED) is 0.307. The highest BCUT2D eigenvalue weighted by Crippen LogP contribution is 2.27. The summed E-state index contributed by atoms with van der Waals surface area (Å²) in [6.07, 6.45) is 1.20. The van der Waals surface area contributed by atoms with Gasteiger partial charge in [-0.2, -0.15) is 0 Å². The Bertz CT molecular complexity index is 447. The Hall–Kier alpha value is -2.15. The molecule has 0 aliphatic rings. The van der Waals surface area contributed by atoms with Gasteiger partial charge in [0.1, 0.15) is 5.75 Å². The Balaban J connectivity index is 2.68. The number of aliphatic hydroxyl groups excluding tert-OH is 1. The van der Waals surface area contributed by atoms with E-state index in [4.69, 9.17) is 5.11 Å². The van der Waals surface area contributed by atoms with Crippen molar-refractivity contribution in [2.24, 2.45) is 0 Å². The Morgan fingerprint density at radius 3 is 2.72 bits per heavy atom. The van der Waals surface area contributed by atoms with Gasteiger partial charge in [-0.25, -0.2) is 0 Å². The lowest BCUT2D eigenvalue weighted by Gasteiger charge is -2.06. The number of nitro groups is 1. The molecule has 18 heavy (non-hydrogen) atoms. The van der Waals surface area contributed by atoms with E-state index in [0.717, 1.165) is 18.2 Å². The van der Waals surface area contributed by atoms with E-state index in [1.165, 1.54) is 0 Å². The van der Waals surface area contributed by atoms with Crippen molar-refractivity contribution in [1.29, 1.82) is 0 Å². The molecule has 98 valence electrons. The molecule has 0 spiro atoms. The van der Waals surface area contributed by atoms with Gasteiger partial charge in [0.2, 0.25) is 5.91 Å². The summed E-state index contributed by atoms with van der Waals surface area (Å²) in [5.41, 5.74) is -0.198. The zero-order valence-corrected chi connectivity index (χ0v) is 9.63. The summed E-state index contributed by atoms with van der Waals surface area (Å²) >= 11 is 0. The van der Waals surface area contributed by atoms with Crippen LogP contribution in [-0.4, -0.2) is 27.7 Å². The van der Waals surface area contributed by atoms with Crippen molar-refractivity contribution >= 4 is 17.3 Å². The van der Waals surface area contributed by atoms with E-state index >= 15 is 0 Å². The fraction of sp³-hybridized carbons (Fsp3) is 0.364. The van der Waals surface area contributed by atoms with Gasteiger partial charge in [0.15, 0.2) is 0 Å². The highest BCUT2D eigenvalue weighted by Gasteiger charge is 2.12. The summed E-state index contributed by atoms with van der Waals surface area (Å²) in [6, 6.07) is 3.40. The number of nitrogens with zero attached hydrogens (tertiary/aromatic N) is 1. The van der Waals surface area contributed by atoms with Gasteiger partial charge in [0.05, 0.1) is 10.6 Å². The number of carbonyl (C=O) groups excluding carboxylic acids is 1. The molecule has 0 unspecified atom stereocenters. The van der Waals surface area contributed by atoms with E-state index in [1.54, 1.807) is 0 Å². The molecule has 0 saturated carbocycles. The van der Waals surface area contributed by atoms with Crippen molar-refractivity contribution in [3.05, 3.63) is 28.3 Å². The van der Waals surface area contributed by atoms with Crippen LogP contribution in [0.3, 0.4) is 0 Å². The summed E-state index contributed by atoms with van der Waals surface area (Å²) in [4.78, 5) is 21.4. The zero-order chi connectivity index (χ0) is 13.5. The van der Waals surface area contributed by atoms with Gasteiger partial charge in [-0.05, 0) is 18.9 Å². The average molecular weight is 254 g/mol. The van der Waals surface area contributed by atoms with E-state index in [-0.39, 0.29) is 36.1 Å². The number of aromatic hydroxyl groups is 1. The minimum Gasteiger partial charge on any atom is -0.506 e. The van der Waals surface area contributed by atoms with Crippen LogP contribution in [0.25, 0.3) is 0 Å². The third-order valence-corrected chi connectivity index (χ3v) is 2.28. The first-order valence-electron chi connectivity index (χ1n) is 5.42. The van der Waals surface area contributed by atoms with Gasteiger partial charge in [-0.1, -0.05) is 0 Å². The molecule has 0 aliphatic heterocycles. The standard InChI is InChI=1S/C11H14N2O5/c14-6-2-1-3-11(16)12-9-7-8(13(17)18)4-5-10(9)15/h4-5,7,14-15H,1-3,6H2,(H,12,16). The number of carbonyl (C=O) groups is 1. The number of benzene rings is 1. The van der Waals surface area contributed by atoms with Crippen molar-refractivity contribution in [2.45, 2.75) is 19.3 Å². The number of phenolic OH excluding ortho intramolecular Hbond substituents is 1. The average Bonchev–Trinajstić information content (AvgIpc) is 2.32. The van der Waals surface area contributed by atoms with Crippen LogP contribution < -0.4 is 5.32 Å². The largest absolute Gasteiger partial charge is 0.506 e. The smallest absolute Gasteiger partial charge is 0.271 e. The number of aliphatic hydroxyl groups is 1. The molecule has 0 atom stereocenters. The number of nitrogens with one attached hydrogen (secondary N) is 1. The number of hydrogen-bond acceptors (Lipinski definition) is 5. The number of amides is 1. The molecule has 1 amide bonds. The van der Waals surface area contributed by atoms with E-state index in [0.29, 0.717) is 12.8 Å². The predicted molar refractivity (Wildman–Crippen MR) is 64.3 cm³/mol. The monoisotopic (exact) mass is 254 g/mol. The lowest BCUT2D eigenvalue weighted by molar-refractivity contribution is -0.384. The van der Waals surface area contributed by atoms with Gasteiger partial charge >= 0.3 is 0 Å². The number of phenols is 1. The molecule has 7 heteroatoms. The van der Waals surface area contributed by atoms with Gasteiger partial charge in [0, 0.05) is 25.2 Å². The number of non-ortho nitro benzene ring substituents is 1. The van der Waals surface area contributed by atoms with Crippen LogP contribution in [0.2, 0.25) is 0 Å². The van der Waals surface area contributed by atoms with E-state index in [2.05, 4.69) is 5.32 Å². The predicted octanol–water partition coefficient (Wildman–Crippen LogP) is 1.40. The third-order valence-electron chi connectivity index (χ3n) is 2.28. The number of rotatable bonds is 6. The zero-order valence-electron chi connectivity index (χ0n) is 9.63. The van der Waals surface area contributed by atoms with Gasteiger partial charge in [-0.15, -0.1) is 0 Å². The van der Waals surface area contributed by atoms with Crippen LogP contribution in [0.1, 0.15) is 19.3 Å². The van der Waals surface area contributed by atoms with Crippen LogP contribution >= 0.6 is 0 Å². The summed E-state index contributed by atoms with van der Waals surface area (Å²) in [7, 11) is 0. The second kappa shape index (κ2) is 6.55. The van der Waals surface area contributed by atoms with E-state index in [9.17, 15) is 20.0 Å². The minimum absolute atomic E-state index is 0.00926.